The molecule has 0 aliphatic heterocycles. The summed E-state index contributed by atoms with van der Waals surface area (Å²) in [6.07, 6.45) is 3.22. The largest absolute Gasteiger partial charge is 0.496 e. The Bertz CT molecular complexity index is 524. The van der Waals surface area contributed by atoms with Crippen LogP contribution in [0.5, 0.6) is 5.75 Å². The lowest BCUT2D eigenvalue weighted by Gasteiger charge is -2.17. The SMILES string of the molecule is CCC(Cc1ccccc1)NCCc1ccccc1OC. The van der Waals surface area contributed by atoms with Crippen LogP contribution in [0.25, 0.3) is 0 Å². The second-order valence-corrected chi connectivity index (χ2v) is 5.31. The number of benzene rings is 2. The van der Waals surface area contributed by atoms with E-state index in [1.165, 1.54) is 11.1 Å². The van der Waals surface area contributed by atoms with Gasteiger partial charge < -0.3 is 10.1 Å². The first-order chi connectivity index (χ1) is 10.3. The number of ether oxygens (including phenoxy) is 1. The summed E-state index contributed by atoms with van der Waals surface area (Å²) < 4.78 is 5.40. The highest BCUT2D eigenvalue weighted by atomic mass is 16.5. The van der Waals surface area contributed by atoms with Gasteiger partial charge in [-0.05, 0) is 43.0 Å². The van der Waals surface area contributed by atoms with E-state index >= 15 is 0 Å². The standard InChI is InChI=1S/C19H25NO/c1-3-18(15-16-9-5-4-6-10-16)20-14-13-17-11-7-8-12-19(17)21-2/h4-12,18,20H,3,13-15H2,1-2H3. The normalized spacial score (nSPS) is 12.1. The van der Waals surface area contributed by atoms with Crippen molar-refractivity contribution in [1.29, 1.82) is 0 Å². The second-order valence-electron chi connectivity index (χ2n) is 5.31. The molecule has 21 heavy (non-hydrogen) atoms. The zero-order valence-corrected chi connectivity index (χ0v) is 13.0. The summed E-state index contributed by atoms with van der Waals surface area (Å²) in [4.78, 5) is 0. The number of methoxy groups -OCH3 is 1. The zero-order chi connectivity index (χ0) is 14.9. The van der Waals surface area contributed by atoms with Crippen molar-refractivity contribution in [2.45, 2.75) is 32.2 Å². The minimum atomic E-state index is 0.530. The molecular formula is C19H25NO. The topological polar surface area (TPSA) is 21.3 Å². The highest BCUT2D eigenvalue weighted by molar-refractivity contribution is 5.33. The van der Waals surface area contributed by atoms with Gasteiger partial charge in [-0.2, -0.15) is 0 Å². The van der Waals surface area contributed by atoms with E-state index in [4.69, 9.17) is 4.74 Å². The van der Waals surface area contributed by atoms with Gasteiger partial charge in [0, 0.05) is 6.04 Å². The predicted octanol–water partition coefficient (Wildman–Crippen LogP) is 3.85. The van der Waals surface area contributed by atoms with E-state index < -0.39 is 0 Å². The van der Waals surface area contributed by atoms with Crippen LogP contribution in [0.2, 0.25) is 0 Å². The minimum absolute atomic E-state index is 0.530. The van der Waals surface area contributed by atoms with Gasteiger partial charge in [-0.1, -0.05) is 55.5 Å². The molecule has 1 unspecified atom stereocenters. The average Bonchev–Trinajstić information content (AvgIpc) is 2.55. The molecule has 1 N–H and O–H groups in total. The fourth-order valence-electron chi connectivity index (χ4n) is 2.58. The van der Waals surface area contributed by atoms with Gasteiger partial charge in [0.1, 0.15) is 5.75 Å². The first-order valence-electron chi connectivity index (χ1n) is 7.72. The van der Waals surface area contributed by atoms with E-state index in [-0.39, 0.29) is 0 Å². The van der Waals surface area contributed by atoms with Crippen molar-refractivity contribution in [2.75, 3.05) is 13.7 Å². The van der Waals surface area contributed by atoms with Gasteiger partial charge in [-0.25, -0.2) is 0 Å². The van der Waals surface area contributed by atoms with Crippen LogP contribution in [-0.4, -0.2) is 19.7 Å². The molecule has 1 atom stereocenters. The third-order valence-corrected chi connectivity index (χ3v) is 3.84. The third-order valence-electron chi connectivity index (χ3n) is 3.84. The molecule has 0 saturated heterocycles. The van der Waals surface area contributed by atoms with Crippen LogP contribution in [0, 0.1) is 0 Å². The summed E-state index contributed by atoms with van der Waals surface area (Å²) in [7, 11) is 1.73. The Morgan fingerprint density at radius 2 is 1.71 bits per heavy atom. The van der Waals surface area contributed by atoms with Gasteiger partial charge in [-0.3, -0.25) is 0 Å². The molecule has 0 fully saturated rings. The van der Waals surface area contributed by atoms with Crippen molar-refractivity contribution >= 4 is 0 Å². The van der Waals surface area contributed by atoms with Crippen LogP contribution in [0.3, 0.4) is 0 Å². The molecule has 112 valence electrons. The van der Waals surface area contributed by atoms with E-state index in [9.17, 15) is 0 Å². The number of hydrogen-bond donors (Lipinski definition) is 1. The number of para-hydroxylation sites is 1. The molecule has 2 aromatic carbocycles. The first-order valence-corrected chi connectivity index (χ1v) is 7.72. The molecule has 0 spiro atoms. The van der Waals surface area contributed by atoms with Gasteiger partial charge in [0.05, 0.1) is 7.11 Å². The Morgan fingerprint density at radius 1 is 1.00 bits per heavy atom. The summed E-state index contributed by atoms with van der Waals surface area (Å²) in [6.45, 7) is 3.22. The lowest BCUT2D eigenvalue weighted by molar-refractivity contribution is 0.408. The fourth-order valence-corrected chi connectivity index (χ4v) is 2.58. The van der Waals surface area contributed by atoms with Gasteiger partial charge in [0.2, 0.25) is 0 Å². The van der Waals surface area contributed by atoms with Crippen LogP contribution < -0.4 is 10.1 Å². The maximum absolute atomic E-state index is 5.40. The van der Waals surface area contributed by atoms with Crippen LogP contribution in [-0.2, 0) is 12.8 Å². The Kier molecular flexibility index (Phi) is 6.29. The highest BCUT2D eigenvalue weighted by Gasteiger charge is 2.07. The Hall–Kier alpha value is -1.80. The van der Waals surface area contributed by atoms with E-state index in [2.05, 4.69) is 54.7 Å². The quantitative estimate of drug-likeness (QED) is 0.794. The number of nitrogens with one attached hydrogen (secondary N) is 1. The van der Waals surface area contributed by atoms with Crippen LogP contribution in [0.15, 0.2) is 54.6 Å². The maximum Gasteiger partial charge on any atom is 0.122 e. The van der Waals surface area contributed by atoms with E-state index in [1.54, 1.807) is 7.11 Å². The van der Waals surface area contributed by atoms with E-state index in [0.29, 0.717) is 6.04 Å². The van der Waals surface area contributed by atoms with Crippen molar-refractivity contribution < 1.29 is 4.74 Å². The average molecular weight is 283 g/mol. The molecule has 0 aliphatic carbocycles. The minimum Gasteiger partial charge on any atom is -0.496 e. The van der Waals surface area contributed by atoms with Crippen molar-refractivity contribution in [3.63, 3.8) is 0 Å². The molecule has 0 bridgehead atoms. The van der Waals surface area contributed by atoms with Crippen LogP contribution in [0.1, 0.15) is 24.5 Å². The van der Waals surface area contributed by atoms with Crippen LogP contribution in [0.4, 0.5) is 0 Å². The number of hydrogen-bond acceptors (Lipinski definition) is 2. The summed E-state index contributed by atoms with van der Waals surface area (Å²) in [5.41, 5.74) is 2.66. The van der Waals surface area contributed by atoms with Crippen molar-refractivity contribution in [3.05, 3.63) is 65.7 Å². The van der Waals surface area contributed by atoms with Crippen molar-refractivity contribution in [2.24, 2.45) is 0 Å². The third kappa shape index (κ3) is 4.91. The zero-order valence-electron chi connectivity index (χ0n) is 13.0. The van der Waals surface area contributed by atoms with E-state index in [1.807, 2.05) is 12.1 Å². The number of rotatable bonds is 8. The summed E-state index contributed by atoms with van der Waals surface area (Å²) in [5, 5.41) is 3.66. The van der Waals surface area contributed by atoms with Gasteiger partial charge in [0.15, 0.2) is 0 Å². The molecule has 0 heterocycles. The van der Waals surface area contributed by atoms with Crippen LogP contribution >= 0.6 is 0 Å². The van der Waals surface area contributed by atoms with Gasteiger partial charge in [0.25, 0.3) is 0 Å². The first kappa shape index (κ1) is 15.6. The summed E-state index contributed by atoms with van der Waals surface area (Å²) in [6, 6.07) is 19.5. The molecule has 2 aromatic rings. The maximum atomic E-state index is 5.40. The molecule has 2 rings (SSSR count). The lowest BCUT2D eigenvalue weighted by Crippen LogP contribution is -2.32. The molecule has 0 aromatic heterocycles. The van der Waals surface area contributed by atoms with Gasteiger partial charge >= 0.3 is 0 Å². The summed E-state index contributed by atoms with van der Waals surface area (Å²) in [5.74, 6) is 0.982. The van der Waals surface area contributed by atoms with Gasteiger partial charge in [-0.15, -0.1) is 0 Å². The monoisotopic (exact) mass is 283 g/mol. The molecular weight excluding hydrogens is 258 g/mol. The van der Waals surface area contributed by atoms with E-state index in [0.717, 1.165) is 31.6 Å². The smallest absolute Gasteiger partial charge is 0.122 e. The van der Waals surface area contributed by atoms with Crippen molar-refractivity contribution in [3.8, 4) is 5.75 Å². The lowest BCUT2D eigenvalue weighted by atomic mass is 10.0. The molecule has 0 aliphatic rings. The Labute approximate surface area is 128 Å². The summed E-state index contributed by atoms with van der Waals surface area (Å²) >= 11 is 0. The molecule has 2 heteroatoms. The Morgan fingerprint density at radius 3 is 2.43 bits per heavy atom. The predicted molar refractivity (Wildman–Crippen MR) is 88.9 cm³/mol. The highest BCUT2D eigenvalue weighted by Crippen LogP contribution is 2.17. The second kappa shape index (κ2) is 8.48. The molecule has 0 radical (unpaired) electrons. The Balaban J connectivity index is 1.83. The molecule has 0 saturated carbocycles. The van der Waals surface area contributed by atoms with Crippen molar-refractivity contribution in [1.82, 2.24) is 5.32 Å². The fraction of sp³-hybridized carbons (Fsp3) is 0.368. The molecule has 0 amide bonds. The molecule has 2 nitrogen and oxygen atoms in total.